The molecule has 0 unspecified atom stereocenters. The second-order valence-electron chi connectivity index (χ2n) is 4.57. The van der Waals surface area contributed by atoms with E-state index in [1.807, 2.05) is 20.8 Å². The molecule has 1 amide bonds. The van der Waals surface area contributed by atoms with Gasteiger partial charge in [0.05, 0.1) is 11.4 Å². The number of thioether (sulfide) groups is 1. The lowest BCUT2D eigenvalue weighted by Crippen LogP contribution is -2.19. The third-order valence-electron chi connectivity index (χ3n) is 1.84. The molecule has 2 nitrogen and oxygen atoms in total. The number of benzene rings is 1. The maximum atomic E-state index is 13.2. The molecule has 0 atom stereocenters. The minimum Gasteiger partial charge on any atom is -0.323 e. The molecule has 1 aromatic rings. The molecule has 0 saturated heterocycles. The number of halogens is 2. The van der Waals surface area contributed by atoms with Gasteiger partial charge in [-0.1, -0.05) is 20.8 Å². The molecule has 0 saturated carbocycles. The van der Waals surface area contributed by atoms with Gasteiger partial charge in [0.2, 0.25) is 5.91 Å². The third kappa shape index (κ3) is 5.17. The average molecular weight is 259 g/mol. The molecule has 1 aromatic carbocycles. The highest BCUT2D eigenvalue weighted by molar-refractivity contribution is 8.01. The molecule has 0 spiro atoms. The predicted molar refractivity (Wildman–Crippen MR) is 67.2 cm³/mol. The summed E-state index contributed by atoms with van der Waals surface area (Å²) in [5.41, 5.74) is 0.00547. The lowest BCUT2D eigenvalue weighted by Gasteiger charge is -2.17. The van der Waals surface area contributed by atoms with E-state index in [4.69, 9.17) is 0 Å². The van der Waals surface area contributed by atoms with Gasteiger partial charge >= 0.3 is 0 Å². The van der Waals surface area contributed by atoms with E-state index in [0.29, 0.717) is 0 Å². The first kappa shape index (κ1) is 14.0. The molecule has 0 heterocycles. The van der Waals surface area contributed by atoms with Crippen molar-refractivity contribution in [2.45, 2.75) is 25.5 Å². The first-order chi connectivity index (χ1) is 7.78. The molecule has 1 rings (SSSR count). The van der Waals surface area contributed by atoms with Crippen LogP contribution in [0.4, 0.5) is 14.5 Å². The smallest absolute Gasteiger partial charge is 0.234 e. The molecule has 0 aliphatic carbocycles. The van der Waals surface area contributed by atoms with Crippen LogP contribution >= 0.6 is 11.8 Å². The standard InChI is InChI=1S/C12H15F2NOS/c1-12(2,3)17-7-11(16)15-10-5-4-8(13)6-9(10)14/h4-6H,7H2,1-3H3,(H,15,16). The third-order valence-corrected chi connectivity index (χ3v) is 3.11. The highest BCUT2D eigenvalue weighted by Crippen LogP contribution is 2.23. The Hall–Kier alpha value is -1.10. The Bertz CT molecular complexity index is 415. The number of rotatable bonds is 3. The van der Waals surface area contributed by atoms with E-state index in [1.165, 1.54) is 17.8 Å². The van der Waals surface area contributed by atoms with Crippen molar-refractivity contribution in [3.8, 4) is 0 Å². The van der Waals surface area contributed by atoms with Crippen molar-refractivity contribution in [3.63, 3.8) is 0 Å². The summed E-state index contributed by atoms with van der Waals surface area (Å²) in [5.74, 6) is -1.49. The number of amides is 1. The largest absolute Gasteiger partial charge is 0.323 e. The summed E-state index contributed by atoms with van der Waals surface area (Å²) in [7, 11) is 0. The van der Waals surface area contributed by atoms with Crippen LogP contribution < -0.4 is 5.32 Å². The van der Waals surface area contributed by atoms with Crippen molar-refractivity contribution in [2.24, 2.45) is 0 Å². The summed E-state index contributed by atoms with van der Waals surface area (Å²) >= 11 is 1.46. The van der Waals surface area contributed by atoms with E-state index in [-0.39, 0.29) is 22.1 Å². The quantitative estimate of drug-likeness (QED) is 0.901. The first-order valence-electron chi connectivity index (χ1n) is 5.17. The summed E-state index contributed by atoms with van der Waals surface area (Å²) in [6, 6.07) is 3.06. The zero-order valence-electron chi connectivity index (χ0n) is 10.0. The Morgan fingerprint density at radius 2 is 2.00 bits per heavy atom. The molecule has 0 aliphatic heterocycles. The zero-order valence-corrected chi connectivity index (χ0v) is 10.8. The van der Waals surface area contributed by atoms with Gasteiger partial charge < -0.3 is 5.32 Å². The van der Waals surface area contributed by atoms with Gasteiger partial charge in [-0.05, 0) is 12.1 Å². The van der Waals surface area contributed by atoms with Crippen molar-refractivity contribution in [1.29, 1.82) is 0 Å². The Morgan fingerprint density at radius 1 is 1.35 bits per heavy atom. The Labute approximate surface area is 104 Å². The monoisotopic (exact) mass is 259 g/mol. The molecule has 0 bridgehead atoms. The van der Waals surface area contributed by atoms with Crippen LogP contribution in [0.3, 0.4) is 0 Å². The van der Waals surface area contributed by atoms with Gasteiger partial charge in [-0.2, -0.15) is 0 Å². The van der Waals surface area contributed by atoms with Crippen LogP contribution in [0.25, 0.3) is 0 Å². The molecule has 17 heavy (non-hydrogen) atoms. The molecule has 94 valence electrons. The Balaban J connectivity index is 2.57. The van der Waals surface area contributed by atoms with E-state index in [1.54, 1.807) is 0 Å². The molecule has 0 aliphatic rings. The van der Waals surface area contributed by atoms with E-state index in [2.05, 4.69) is 5.32 Å². The van der Waals surface area contributed by atoms with Crippen molar-refractivity contribution < 1.29 is 13.6 Å². The summed E-state index contributed by atoms with van der Waals surface area (Å²) in [4.78, 5) is 11.5. The van der Waals surface area contributed by atoms with Crippen molar-refractivity contribution in [3.05, 3.63) is 29.8 Å². The van der Waals surface area contributed by atoms with Gasteiger partial charge in [0.15, 0.2) is 0 Å². The molecular weight excluding hydrogens is 244 g/mol. The van der Waals surface area contributed by atoms with Gasteiger partial charge in [0.1, 0.15) is 11.6 Å². The van der Waals surface area contributed by atoms with E-state index >= 15 is 0 Å². The Kier molecular flexibility index (Phi) is 4.51. The summed E-state index contributed by atoms with van der Waals surface area (Å²) < 4.78 is 25.8. The van der Waals surface area contributed by atoms with Crippen LogP contribution in [-0.4, -0.2) is 16.4 Å². The highest BCUT2D eigenvalue weighted by Gasteiger charge is 2.14. The van der Waals surface area contributed by atoms with Crippen LogP contribution in [0.2, 0.25) is 0 Å². The van der Waals surface area contributed by atoms with E-state index < -0.39 is 11.6 Å². The van der Waals surface area contributed by atoms with Crippen molar-refractivity contribution in [1.82, 2.24) is 0 Å². The fourth-order valence-electron chi connectivity index (χ4n) is 1.06. The maximum absolute atomic E-state index is 13.2. The van der Waals surface area contributed by atoms with Gasteiger partial charge in [-0.25, -0.2) is 8.78 Å². The van der Waals surface area contributed by atoms with Crippen LogP contribution in [0.1, 0.15) is 20.8 Å². The lowest BCUT2D eigenvalue weighted by molar-refractivity contribution is -0.113. The molecule has 5 heteroatoms. The molecule has 0 fully saturated rings. The second kappa shape index (κ2) is 5.49. The zero-order chi connectivity index (χ0) is 13.1. The van der Waals surface area contributed by atoms with Crippen LogP contribution in [0, 0.1) is 11.6 Å². The van der Waals surface area contributed by atoms with Crippen LogP contribution in [0.5, 0.6) is 0 Å². The van der Waals surface area contributed by atoms with Gasteiger partial charge in [0, 0.05) is 10.8 Å². The minimum absolute atomic E-state index is 0.00547. The first-order valence-corrected chi connectivity index (χ1v) is 6.15. The number of carbonyl (C=O) groups excluding carboxylic acids is 1. The number of hydrogen-bond donors (Lipinski definition) is 1. The number of nitrogens with one attached hydrogen (secondary N) is 1. The number of anilines is 1. The lowest BCUT2D eigenvalue weighted by atomic mass is 10.3. The summed E-state index contributed by atoms with van der Waals surface area (Å²) in [6.07, 6.45) is 0. The molecule has 0 aromatic heterocycles. The fraction of sp³-hybridized carbons (Fsp3) is 0.417. The van der Waals surface area contributed by atoms with Gasteiger partial charge in [-0.3, -0.25) is 4.79 Å². The summed E-state index contributed by atoms with van der Waals surface area (Å²) in [5, 5.41) is 2.41. The topological polar surface area (TPSA) is 29.1 Å². The minimum atomic E-state index is -0.765. The van der Waals surface area contributed by atoms with Gasteiger partial charge in [-0.15, -0.1) is 11.8 Å². The SMILES string of the molecule is CC(C)(C)SCC(=O)Nc1ccc(F)cc1F. The normalized spacial score (nSPS) is 11.4. The molecule has 0 radical (unpaired) electrons. The van der Waals surface area contributed by atoms with Crippen LogP contribution in [-0.2, 0) is 4.79 Å². The maximum Gasteiger partial charge on any atom is 0.234 e. The van der Waals surface area contributed by atoms with Crippen molar-refractivity contribution in [2.75, 3.05) is 11.1 Å². The van der Waals surface area contributed by atoms with Gasteiger partial charge in [0.25, 0.3) is 0 Å². The molecule has 1 N–H and O–H groups in total. The predicted octanol–water partition coefficient (Wildman–Crippen LogP) is 3.44. The van der Waals surface area contributed by atoms with Crippen molar-refractivity contribution >= 4 is 23.4 Å². The fourth-order valence-corrected chi connectivity index (χ4v) is 1.70. The highest BCUT2D eigenvalue weighted by atomic mass is 32.2. The second-order valence-corrected chi connectivity index (χ2v) is 6.38. The van der Waals surface area contributed by atoms with E-state index in [9.17, 15) is 13.6 Å². The summed E-state index contributed by atoms with van der Waals surface area (Å²) in [6.45, 7) is 5.97. The number of carbonyl (C=O) groups is 1. The Morgan fingerprint density at radius 3 is 2.53 bits per heavy atom. The number of hydrogen-bond acceptors (Lipinski definition) is 2. The van der Waals surface area contributed by atoms with Crippen LogP contribution in [0.15, 0.2) is 18.2 Å². The van der Waals surface area contributed by atoms with E-state index in [0.717, 1.165) is 12.1 Å². The average Bonchev–Trinajstić information content (AvgIpc) is 2.18. The molecular formula is C12H15F2NOS.